The van der Waals surface area contributed by atoms with Crippen molar-refractivity contribution in [3.8, 4) is 0 Å². The molecule has 0 atom stereocenters. The van der Waals surface area contributed by atoms with Crippen molar-refractivity contribution in [1.82, 2.24) is 4.57 Å². The minimum atomic E-state index is -1.21. The molecule has 0 amide bonds. The van der Waals surface area contributed by atoms with E-state index in [4.69, 9.17) is 5.11 Å². The first-order valence-electron chi connectivity index (χ1n) is 8.14. The zero-order chi connectivity index (χ0) is 16.2. The van der Waals surface area contributed by atoms with E-state index in [1.54, 1.807) is 12.1 Å². The second-order valence-electron chi connectivity index (χ2n) is 6.33. The van der Waals surface area contributed by atoms with Crippen molar-refractivity contribution in [3.63, 3.8) is 0 Å². The average molecular weight is 311 g/mol. The molecule has 1 aliphatic carbocycles. The summed E-state index contributed by atoms with van der Waals surface area (Å²) in [6.45, 7) is 0. The third-order valence-corrected chi connectivity index (χ3v) is 4.84. The van der Waals surface area contributed by atoms with Gasteiger partial charge in [-0.2, -0.15) is 0 Å². The zero-order valence-corrected chi connectivity index (χ0v) is 13.0. The quantitative estimate of drug-likeness (QED) is 0.935. The highest BCUT2D eigenvalue weighted by Gasteiger charge is 2.25. The summed E-state index contributed by atoms with van der Waals surface area (Å²) in [5.74, 6) is 0.834. The average Bonchev–Trinajstić information content (AvgIpc) is 2.57. The molecule has 1 aromatic carbocycles. The third kappa shape index (κ3) is 3.52. The Morgan fingerprint density at radius 3 is 2.39 bits per heavy atom. The number of pyridine rings is 1. The highest BCUT2D eigenvalue weighted by atomic mass is 16.4. The lowest BCUT2D eigenvalue weighted by Gasteiger charge is -2.28. The summed E-state index contributed by atoms with van der Waals surface area (Å²) in [5, 5.41) is 9.06. The molecule has 1 aromatic heterocycles. The maximum absolute atomic E-state index is 12.3. The van der Waals surface area contributed by atoms with E-state index in [1.807, 2.05) is 6.07 Å². The molecular weight excluding hydrogens is 290 g/mol. The molecule has 1 saturated carbocycles. The van der Waals surface area contributed by atoms with E-state index in [1.165, 1.54) is 11.8 Å². The molecular formula is C19H21NO3. The van der Waals surface area contributed by atoms with Crippen LogP contribution in [-0.2, 0) is 6.42 Å². The molecule has 0 saturated heterocycles. The summed E-state index contributed by atoms with van der Waals surface area (Å²) < 4.78 is 0.783. The Morgan fingerprint density at radius 2 is 1.74 bits per heavy atom. The fourth-order valence-electron chi connectivity index (χ4n) is 3.60. The normalized spacial score (nSPS) is 21.0. The van der Waals surface area contributed by atoms with E-state index < -0.39 is 6.09 Å². The lowest BCUT2D eigenvalue weighted by atomic mass is 9.77. The van der Waals surface area contributed by atoms with E-state index in [9.17, 15) is 9.59 Å². The smallest absolute Gasteiger partial charge is 0.418 e. The number of benzene rings is 1. The number of hydrogen-bond donors (Lipinski definition) is 1. The molecule has 1 aliphatic rings. The van der Waals surface area contributed by atoms with Crippen LogP contribution in [0.2, 0.25) is 0 Å². The standard InChI is InChI=1S/C19H21NO3/c21-18-17(7-4-12-20(18)19(22)23)16-10-8-15(9-11-16)13-14-5-2-1-3-6-14/h1-7,12,15-16H,8-11,13H2,(H,22,23)/t15-,16-. The Balaban J connectivity index is 1.67. The molecule has 0 radical (unpaired) electrons. The van der Waals surface area contributed by atoms with Gasteiger partial charge in [-0.25, -0.2) is 9.36 Å². The molecule has 3 rings (SSSR count). The number of aromatic nitrogens is 1. The van der Waals surface area contributed by atoms with Crippen LogP contribution < -0.4 is 5.56 Å². The van der Waals surface area contributed by atoms with Crippen LogP contribution >= 0.6 is 0 Å². The molecule has 4 nitrogen and oxygen atoms in total. The molecule has 0 spiro atoms. The van der Waals surface area contributed by atoms with Crippen molar-refractivity contribution in [2.45, 2.75) is 38.0 Å². The van der Waals surface area contributed by atoms with Crippen LogP contribution in [0.3, 0.4) is 0 Å². The van der Waals surface area contributed by atoms with Gasteiger partial charge in [-0.05, 0) is 55.6 Å². The summed E-state index contributed by atoms with van der Waals surface area (Å²) in [6, 6.07) is 13.9. The monoisotopic (exact) mass is 311 g/mol. The Morgan fingerprint density at radius 1 is 1.04 bits per heavy atom. The van der Waals surface area contributed by atoms with E-state index in [2.05, 4.69) is 24.3 Å². The van der Waals surface area contributed by atoms with E-state index >= 15 is 0 Å². The second kappa shape index (κ2) is 6.82. The van der Waals surface area contributed by atoms with Crippen molar-refractivity contribution in [3.05, 3.63) is 70.1 Å². The maximum Gasteiger partial charge on any atom is 0.418 e. The van der Waals surface area contributed by atoms with Crippen LogP contribution in [0.1, 0.15) is 42.7 Å². The van der Waals surface area contributed by atoms with Gasteiger partial charge in [0.05, 0.1) is 0 Å². The van der Waals surface area contributed by atoms with E-state index in [0.717, 1.165) is 36.7 Å². The van der Waals surface area contributed by atoms with Gasteiger partial charge >= 0.3 is 6.09 Å². The minimum absolute atomic E-state index is 0.182. The summed E-state index contributed by atoms with van der Waals surface area (Å²) in [5.41, 5.74) is 1.63. The number of carboxylic acid groups (broad SMARTS) is 1. The predicted octanol–water partition coefficient (Wildman–Crippen LogP) is 3.89. The maximum atomic E-state index is 12.3. The minimum Gasteiger partial charge on any atom is -0.464 e. The third-order valence-electron chi connectivity index (χ3n) is 4.84. The first kappa shape index (κ1) is 15.5. The summed E-state index contributed by atoms with van der Waals surface area (Å²) in [6.07, 6.45) is 5.26. The topological polar surface area (TPSA) is 59.3 Å². The molecule has 4 heteroatoms. The van der Waals surface area contributed by atoms with Crippen molar-refractivity contribution >= 4 is 6.09 Å². The molecule has 23 heavy (non-hydrogen) atoms. The molecule has 120 valence electrons. The van der Waals surface area contributed by atoms with Crippen molar-refractivity contribution in [2.24, 2.45) is 5.92 Å². The molecule has 2 aromatic rings. The second-order valence-corrected chi connectivity index (χ2v) is 6.33. The highest BCUT2D eigenvalue weighted by molar-refractivity contribution is 5.67. The van der Waals surface area contributed by atoms with Gasteiger partial charge in [-0.15, -0.1) is 0 Å². The predicted molar refractivity (Wildman–Crippen MR) is 89.0 cm³/mol. The lowest BCUT2D eigenvalue weighted by Crippen LogP contribution is -2.30. The summed E-state index contributed by atoms with van der Waals surface area (Å²) >= 11 is 0. The Labute approximate surface area is 135 Å². The van der Waals surface area contributed by atoms with Gasteiger partial charge in [0.2, 0.25) is 0 Å². The van der Waals surface area contributed by atoms with Crippen LogP contribution in [0.4, 0.5) is 4.79 Å². The lowest BCUT2D eigenvalue weighted by molar-refractivity contribution is 0.195. The number of carbonyl (C=O) groups is 1. The van der Waals surface area contributed by atoms with Crippen molar-refractivity contribution < 1.29 is 9.90 Å². The van der Waals surface area contributed by atoms with Crippen LogP contribution in [0.15, 0.2) is 53.5 Å². The van der Waals surface area contributed by atoms with Gasteiger partial charge in [-0.3, -0.25) is 4.79 Å². The molecule has 1 heterocycles. The van der Waals surface area contributed by atoms with Crippen molar-refractivity contribution in [2.75, 3.05) is 0 Å². The van der Waals surface area contributed by atoms with Gasteiger partial charge in [0.15, 0.2) is 0 Å². The fraction of sp³-hybridized carbons (Fsp3) is 0.368. The van der Waals surface area contributed by atoms with Crippen LogP contribution in [0.5, 0.6) is 0 Å². The molecule has 0 unspecified atom stereocenters. The van der Waals surface area contributed by atoms with Crippen LogP contribution in [-0.4, -0.2) is 15.8 Å². The Hall–Kier alpha value is -2.36. The van der Waals surface area contributed by atoms with Crippen LogP contribution in [0, 0.1) is 5.92 Å². The van der Waals surface area contributed by atoms with Crippen molar-refractivity contribution in [1.29, 1.82) is 0 Å². The van der Waals surface area contributed by atoms with Gasteiger partial charge in [-0.1, -0.05) is 36.4 Å². The first-order chi connectivity index (χ1) is 11.1. The molecule has 0 aliphatic heterocycles. The number of nitrogens with zero attached hydrogens (tertiary/aromatic N) is 1. The van der Waals surface area contributed by atoms with E-state index in [-0.39, 0.29) is 11.5 Å². The van der Waals surface area contributed by atoms with Gasteiger partial charge in [0, 0.05) is 11.8 Å². The Kier molecular flexibility index (Phi) is 4.60. The first-order valence-corrected chi connectivity index (χ1v) is 8.14. The molecule has 1 fully saturated rings. The SMILES string of the molecule is O=C(O)n1cccc([C@H]2CC[C@H](Cc3ccccc3)CC2)c1=O. The summed E-state index contributed by atoms with van der Waals surface area (Å²) in [7, 11) is 0. The van der Waals surface area contributed by atoms with E-state index in [0.29, 0.717) is 11.5 Å². The number of rotatable bonds is 3. The van der Waals surface area contributed by atoms with Gasteiger partial charge in [0.1, 0.15) is 0 Å². The fourth-order valence-corrected chi connectivity index (χ4v) is 3.60. The van der Waals surface area contributed by atoms with Crippen LogP contribution in [0.25, 0.3) is 0 Å². The summed E-state index contributed by atoms with van der Waals surface area (Å²) in [4.78, 5) is 23.3. The molecule has 0 bridgehead atoms. The zero-order valence-electron chi connectivity index (χ0n) is 13.0. The number of hydrogen-bond acceptors (Lipinski definition) is 2. The highest BCUT2D eigenvalue weighted by Crippen LogP contribution is 2.35. The largest absolute Gasteiger partial charge is 0.464 e. The van der Waals surface area contributed by atoms with Gasteiger partial charge < -0.3 is 5.11 Å². The van der Waals surface area contributed by atoms with Gasteiger partial charge in [0.25, 0.3) is 5.56 Å². The molecule has 1 N–H and O–H groups in total. The Bertz CT molecular complexity index is 728.